The zero-order valence-corrected chi connectivity index (χ0v) is 9.43. The molecule has 74 valence electrons. The SMILES string of the molecule is CC(C)C(Nc1cnns1)C(C)C. The minimum absolute atomic E-state index is 0.502. The molecular weight excluding hydrogens is 182 g/mol. The number of nitrogens with one attached hydrogen (secondary N) is 1. The summed E-state index contributed by atoms with van der Waals surface area (Å²) < 4.78 is 3.82. The Bertz CT molecular complexity index is 223. The van der Waals surface area contributed by atoms with Gasteiger partial charge in [0.1, 0.15) is 5.00 Å². The van der Waals surface area contributed by atoms with E-state index in [1.165, 1.54) is 11.5 Å². The monoisotopic (exact) mass is 199 g/mol. The lowest BCUT2D eigenvalue weighted by Gasteiger charge is -2.25. The van der Waals surface area contributed by atoms with E-state index in [-0.39, 0.29) is 0 Å². The molecule has 0 aliphatic carbocycles. The summed E-state index contributed by atoms with van der Waals surface area (Å²) in [4.78, 5) is 0. The molecule has 0 aliphatic rings. The van der Waals surface area contributed by atoms with Crippen LogP contribution in [0.25, 0.3) is 0 Å². The normalized spacial score (nSPS) is 11.6. The molecule has 1 heterocycles. The Morgan fingerprint density at radius 3 is 2.23 bits per heavy atom. The molecule has 1 N–H and O–H groups in total. The third kappa shape index (κ3) is 2.95. The van der Waals surface area contributed by atoms with Crippen LogP contribution in [0.5, 0.6) is 0 Å². The lowest BCUT2D eigenvalue weighted by Crippen LogP contribution is -2.30. The van der Waals surface area contributed by atoms with Gasteiger partial charge in [-0.05, 0) is 11.8 Å². The maximum absolute atomic E-state index is 3.82. The van der Waals surface area contributed by atoms with Gasteiger partial charge >= 0.3 is 0 Å². The van der Waals surface area contributed by atoms with Crippen LogP contribution in [0.15, 0.2) is 6.20 Å². The lowest BCUT2D eigenvalue weighted by molar-refractivity contribution is 0.414. The molecule has 3 nitrogen and oxygen atoms in total. The van der Waals surface area contributed by atoms with Crippen LogP contribution < -0.4 is 5.32 Å². The van der Waals surface area contributed by atoms with Gasteiger partial charge in [0.2, 0.25) is 0 Å². The smallest absolute Gasteiger partial charge is 0.130 e. The van der Waals surface area contributed by atoms with Gasteiger partial charge in [0.15, 0.2) is 0 Å². The van der Waals surface area contributed by atoms with Gasteiger partial charge in [0, 0.05) is 17.6 Å². The second-order valence-corrected chi connectivity index (χ2v) is 4.73. The van der Waals surface area contributed by atoms with Crippen LogP contribution in [-0.4, -0.2) is 15.6 Å². The van der Waals surface area contributed by atoms with E-state index in [9.17, 15) is 0 Å². The van der Waals surface area contributed by atoms with E-state index >= 15 is 0 Å². The summed E-state index contributed by atoms with van der Waals surface area (Å²) in [5.74, 6) is 1.25. The largest absolute Gasteiger partial charge is 0.371 e. The Kier molecular flexibility index (Phi) is 3.66. The van der Waals surface area contributed by atoms with Gasteiger partial charge in [0.05, 0.1) is 6.20 Å². The van der Waals surface area contributed by atoms with Crippen molar-refractivity contribution in [1.29, 1.82) is 0 Å². The maximum Gasteiger partial charge on any atom is 0.130 e. The standard InChI is InChI=1S/C9H17N3S/c1-6(2)9(7(3)4)11-8-5-10-12-13-8/h5-7,9,11H,1-4H3. The molecule has 0 amide bonds. The Morgan fingerprint density at radius 1 is 1.23 bits per heavy atom. The zero-order chi connectivity index (χ0) is 9.84. The zero-order valence-electron chi connectivity index (χ0n) is 8.61. The van der Waals surface area contributed by atoms with E-state index in [1.54, 1.807) is 6.20 Å². The fourth-order valence-electron chi connectivity index (χ4n) is 1.50. The molecule has 1 aromatic heterocycles. The van der Waals surface area contributed by atoms with Crippen LogP contribution in [0.3, 0.4) is 0 Å². The predicted octanol–water partition coefficient (Wildman–Crippen LogP) is 2.63. The molecule has 0 saturated heterocycles. The molecular formula is C9H17N3S. The molecule has 0 aromatic carbocycles. The summed E-state index contributed by atoms with van der Waals surface area (Å²) in [5, 5.41) is 8.31. The van der Waals surface area contributed by atoms with Crippen LogP contribution >= 0.6 is 11.5 Å². The highest BCUT2D eigenvalue weighted by molar-refractivity contribution is 7.09. The van der Waals surface area contributed by atoms with Gasteiger partial charge < -0.3 is 5.32 Å². The lowest BCUT2D eigenvalue weighted by atomic mass is 9.93. The van der Waals surface area contributed by atoms with E-state index < -0.39 is 0 Å². The van der Waals surface area contributed by atoms with Gasteiger partial charge in [-0.1, -0.05) is 32.2 Å². The molecule has 0 unspecified atom stereocenters. The van der Waals surface area contributed by atoms with Crippen molar-refractivity contribution in [3.8, 4) is 0 Å². The highest BCUT2D eigenvalue weighted by atomic mass is 32.1. The summed E-state index contributed by atoms with van der Waals surface area (Å²) in [6, 6.07) is 0.502. The van der Waals surface area contributed by atoms with E-state index in [1.807, 2.05) is 0 Å². The van der Waals surface area contributed by atoms with Crippen molar-refractivity contribution < 1.29 is 0 Å². The molecule has 0 bridgehead atoms. The fraction of sp³-hybridized carbons (Fsp3) is 0.778. The average molecular weight is 199 g/mol. The van der Waals surface area contributed by atoms with Crippen molar-refractivity contribution in [3.05, 3.63) is 6.20 Å². The highest BCUT2D eigenvalue weighted by Crippen LogP contribution is 2.19. The van der Waals surface area contributed by atoms with Gasteiger partial charge in [-0.3, -0.25) is 0 Å². The molecule has 0 spiro atoms. The topological polar surface area (TPSA) is 37.8 Å². The van der Waals surface area contributed by atoms with Gasteiger partial charge in [0.25, 0.3) is 0 Å². The molecule has 0 saturated carbocycles. The Balaban J connectivity index is 2.58. The second-order valence-electron chi connectivity index (χ2n) is 3.94. The number of nitrogens with zero attached hydrogens (tertiary/aromatic N) is 2. The number of rotatable bonds is 4. The second kappa shape index (κ2) is 4.56. The van der Waals surface area contributed by atoms with Crippen LogP contribution in [0.1, 0.15) is 27.7 Å². The first-order chi connectivity index (χ1) is 6.11. The molecule has 0 aliphatic heterocycles. The number of hydrogen-bond acceptors (Lipinski definition) is 4. The van der Waals surface area contributed by atoms with Gasteiger partial charge in [-0.15, -0.1) is 5.10 Å². The summed E-state index contributed by atoms with van der Waals surface area (Å²) in [7, 11) is 0. The van der Waals surface area contributed by atoms with E-state index in [0.717, 1.165) is 5.00 Å². The van der Waals surface area contributed by atoms with Crippen LogP contribution in [0, 0.1) is 11.8 Å². The summed E-state index contributed by atoms with van der Waals surface area (Å²) in [6.07, 6.45) is 1.78. The quantitative estimate of drug-likeness (QED) is 0.810. The average Bonchev–Trinajstić information content (AvgIpc) is 2.50. The summed E-state index contributed by atoms with van der Waals surface area (Å²) in [5.41, 5.74) is 0. The molecule has 4 heteroatoms. The number of anilines is 1. The van der Waals surface area contributed by atoms with Gasteiger partial charge in [-0.2, -0.15) is 0 Å². The van der Waals surface area contributed by atoms with Crippen LogP contribution in [-0.2, 0) is 0 Å². The van der Waals surface area contributed by atoms with Crippen molar-refractivity contribution >= 4 is 16.5 Å². The van der Waals surface area contributed by atoms with Gasteiger partial charge in [-0.25, -0.2) is 0 Å². The highest BCUT2D eigenvalue weighted by Gasteiger charge is 2.17. The summed E-state index contributed by atoms with van der Waals surface area (Å²) in [6.45, 7) is 8.91. The molecule has 0 radical (unpaired) electrons. The Labute approximate surface area is 83.7 Å². The minimum Gasteiger partial charge on any atom is -0.371 e. The molecule has 1 aromatic rings. The van der Waals surface area contributed by atoms with Crippen molar-refractivity contribution in [2.45, 2.75) is 33.7 Å². The first kappa shape index (κ1) is 10.4. The Morgan fingerprint density at radius 2 is 1.85 bits per heavy atom. The van der Waals surface area contributed by atoms with E-state index in [4.69, 9.17) is 0 Å². The predicted molar refractivity (Wildman–Crippen MR) is 57.0 cm³/mol. The molecule has 1 rings (SSSR count). The van der Waals surface area contributed by atoms with Crippen molar-refractivity contribution in [1.82, 2.24) is 9.59 Å². The minimum atomic E-state index is 0.502. The number of hydrogen-bond donors (Lipinski definition) is 1. The Hall–Kier alpha value is -0.640. The molecule has 0 fully saturated rings. The fourth-order valence-corrected chi connectivity index (χ4v) is 1.96. The van der Waals surface area contributed by atoms with Crippen molar-refractivity contribution in [2.24, 2.45) is 11.8 Å². The third-order valence-corrected chi connectivity index (χ3v) is 2.70. The van der Waals surface area contributed by atoms with E-state index in [2.05, 4.69) is 42.6 Å². The van der Waals surface area contributed by atoms with Crippen molar-refractivity contribution in [2.75, 3.05) is 5.32 Å². The van der Waals surface area contributed by atoms with Crippen molar-refractivity contribution in [3.63, 3.8) is 0 Å². The molecule has 13 heavy (non-hydrogen) atoms. The number of aromatic nitrogens is 2. The third-order valence-electron chi connectivity index (χ3n) is 2.11. The van der Waals surface area contributed by atoms with E-state index in [0.29, 0.717) is 17.9 Å². The molecule has 0 atom stereocenters. The first-order valence-electron chi connectivity index (χ1n) is 4.65. The first-order valence-corrected chi connectivity index (χ1v) is 5.42. The maximum atomic E-state index is 3.82. The summed E-state index contributed by atoms with van der Waals surface area (Å²) >= 11 is 1.41. The van der Waals surface area contributed by atoms with Crippen LogP contribution in [0.4, 0.5) is 5.00 Å². The van der Waals surface area contributed by atoms with Crippen LogP contribution in [0.2, 0.25) is 0 Å².